The molecule has 72 valence electrons. The van der Waals surface area contributed by atoms with E-state index in [2.05, 4.69) is 25.7 Å². The van der Waals surface area contributed by atoms with Crippen LogP contribution in [0.1, 0.15) is 12.1 Å². The van der Waals surface area contributed by atoms with Gasteiger partial charge in [0.05, 0.1) is 11.7 Å². The third-order valence-corrected chi connectivity index (χ3v) is 1.83. The topological polar surface area (TPSA) is 42.1 Å². The van der Waals surface area contributed by atoms with Crippen molar-refractivity contribution >= 4 is 15.9 Å². The van der Waals surface area contributed by atoms with E-state index in [0.29, 0.717) is 0 Å². The smallest absolute Gasteiger partial charge is 0.282 e. The van der Waals surface area contributed by atoms with Gasteiger partial charge in [0.25, 0.3) is 6.43 Å². The molecule has 0 saturated heterocycles. The number of pyridine rings is 1. The van der Waals surface area contributed by atoms with Crippen molar-refractivity contribution in [3.8, 4) is 5.75 Å². The van der Waals surface area contributed by atoms with E-state index in [9.17, 15) is 13.6 Å². The summed E-state index contributed by atoms with van der Waals surface area (Å²) in [5.41, 5.74) is -1.09. The minimum absolute atomic E-state index is 0.202. The standard InChI is InChI=1S/C7H6BrF2NO2/c1-13-6-3(12)2-4(8)11-5(6)7(9)10/h2,7H,1H3,(H,11,12). The summed E-state index contributed by atoms with van der Waals surface area (Å²) >= 11 is 2.90. The van der Waals surface area contributed by atoms with Crippen molar-refractivity contribution in [3.05, 3.63) is 26.6 Å². The van der Waals surface area contributed by atoms with Crippen molar-refractivity contribution in [3.63, 3.8) is 0 Å². The molecule has 0 aromatic carbocycles. The molecular weight excluding hydrogens is 248 g/mol. The number of alkyl halides is 2. The molecule has 0 radical (unpaired) electrons. The minimum Gasteiger partial charge on any atom is -0.491 e. The molecule has 6 heteroatoms. The van der Waals surface area contributed by atoms with Crippen LogP contribution in [-0.2, 0) is 0 Å². The number of halogens is 3. The van der Waals surface area contributed by atoms with Crippen molar-refractivity contribution in [2.75, 3.05) is 7.11 Å². The van der Waals surface area contributed by atoms with E-state index in [0.717, 1.165) is 6.07 Å². The number of methoxy groups -OCH3 is 1. The van der Waals surface area contributed by atoms with Gasteiger partial charge in [0.2, 0.25) is 5.43 Å². The Morgan fingerprint density at radius 1 is 1.62 bits per heavy atom. The van der Waals surface area contributed by atoms with Crippen LogP contribution in [-0.4, -0.2) is 12.1 Å². The molecule has 0 saturated carbocycles. The molecule has 1 aromatic heterocycles. The Hall–Kier alpha value is -0.910. The third-order valence-electron chi connectivity index (χ3n) is 1.40. The number of H-pyrrole nitrogens is 1. The number of hydrogen-bond donors (Lipinski definition) is 1. The fourth-order valence-corrected chi connectivity index (χ4v) is 1.32. The zero-order valence-corrected chi connectivity index (χ0v) is 8.19. The molecule has 1 rings (SSSR count). The van der Waals surface area contributed by atoms with Crippen molar-refractivity contribution in [2.45, 2.75) is 6.43 Å². The molecule has 0 aliphatic rings. The molecule has 0 atom stereocenters. The van der Waals surface area contributed by atoms with E-state index in [1.54, 1.807) is 0 Å². The quantitative estimate of drug-likeness (QED) is 0.821. The van der Waals surface area contributed by atoms with Crippen molar-refractivity contribution in [2.24, 2.45) is 0 Å². The summed E-state index contributed by atoms with van der Waals surface area (Å²) in [6.45, 7) is 0. The van der Waals surface area contributed by atoms with Gasteiger partial charge in [-0.05, 0) is 15.9 Å². The highest BCUT2D eigenvalue weighted by molar-refractivity contribution is 9.10. The molecule has 0 spiro atoms. The number of hydrogen-bond acceptors (Lipinski definition) is 2. The summed E-state index contributed by atoms with van der Waals surface area (Å²) in [6.07, 6.45) is -2.76. The van der Waals surface area contributed by atoms with Gasteiger partial charge in [-0.1, -0.05) is 0 Å². The lowest BCUT2D eigenvalue weighted by Crippen LogP contribution is -2.10. The first kappa shape index (κ1) is 10.2. The van der Waals surface area contributed by atoms with E-state index in [1.807, 2.05) is 0 Å². The van der Waals surface area contributed by atoms with Gasteiger partial charge in [0.1, 0.15) is 5.69 Å². The lowest BCUT2D eigenvalue weighted by Gasteiger charge is -2.06. The van der Waals surface area contributed by atoms with Gasteiger partial charge in [0, 0.05) is 6.07 Å². The van der Waals surface area contributed by atoms with Gasteiger partial charge in [-0.3, -0.25) is 4.79 Å². The molecular formula is C7H6BrF2NO2. The number of aromatic amines is 1. The van der Waals surface area contributed by atoms with Crippen LogP contribution in [0.4, 0.5) is 8.78 Å². The molecule has 0 aliphatic heterocycles. The molecule has 0 unspecified atom stereocenters. The highest BCUT2D eigenvalue weighted by atomic mass is 79.9. The molecule has 3 nitrogen and oxygen atoms in total. The van der Waals surface area contributed by atoms with Gasteiger partial charge in [0.15, 0.2) is 5.75 Å². The van der Waals surface area contributed by atoms with Gasteiger partial charge < -0.3 is 9.72 Å². The highest BCUT2D eigenvalue weighted by Gasteiger charge is 2.17. The number of aromatic nitrogens is 1. The molecule has 13 heavy (non-hydrogen) atoms. The van der Waals surface area contributed by atoms with Crippen molar-refractivity contribution in [1.29, 1.82) is 0 Å². The van der Waals surface area contributed by atoms with Crippen LogP contribution in [0.25, 0.3) is 0 Å². The summed E-state index contributed by atoms with van der Waals surface area (Å²) < 4.78 is 29.4. The number of nitrogens with one attached hydrogen (secondary N) is 1. The summed E-state index contributed by atoms with van der Waals surface area (Å²) in [4.78, 5) is 13.4. The van der Waals surface area contributed by atoms with E-state index >= 15 is 0 Å². The summed E-state index contributed by atoms with van der Waals surface area (Å²) in [6, 6.07) is 1.13. The fourth-order valence-electron chi connectivity index (χ4n) is 0.899. The maximum Gasteiger partial charge on any atom is 0.282 e. The molecule has 0 bridgehead atoms. The lowest BCUT2D eigenvalue weighted by molar-refractivity contribution is 0.141. The predicted octanol–water partition coefficient (Wildman–Crippen LogP) is 2.08. The van der Waals surface area contributed by atoms with E-state index < -0.39 is 17.5 Å². The van der Waals surface area contributed by atoms with Crippen LogP contribution in [0, 0.1) is 0 Å². The van der Waals surface area contributed by atoms with Crippen LogP contribution in [0.15, 0.2) is 15.5 Å². The first-order chi connectivity index (χ1) is 6.06. The van der Waals surface area contributed by atoms with E-state index in [1.165, 1.54) is 7.11 Å². The number of ether oxygens (including phenoxy) is 1. The van der Waals surface area contributed by atoms with Crippen LogP contribution in [0.3, 0.4) is 0 Å². The van der Waals surface area contributed by atoms with Gasteiger partial charge in [-0.15, -0.1) is 0 Å². The Balaban J connectivity index is 3.38. The molecule has 0 aliphatic carbocycles. The second-order valence-electron chi connectivity index (χ2n) is 2.23. The Labute approximate surface area is 80.9 Å². The fraction of sp³-hybridized carbons (Fsp3) is 0.286. The Morgan fingerprint density at radius 2 is 2.23 bits per heavy atom. The van der Waals surface area contributed by atoms with Crippen LogP contribution < -0.4 is 10.2 Å². The summed E-state index contributed by atoms with van der Waals surface area (Å²) in [7, 11) is 1.17. The first-order valence-corrected chi connectivity index (χ1v) is 4.10. The Kier molecular flexibility index (Phi) is 3.02. The first-order valence-electron chi connectivity index (χ1n) is 3.31. The van der Waals surface area contributed by atoms with Gasteiger partial charge >= 0.3 is 0 Å². The average molecular weight is 254 g/mol. The second kappa shape index (κ2) is 3.87. The van der Waals surface area contributed by atoms with Crippen molar-refractivity contribution in [1.82, 2.24) is 4.98 Å². The van der Waals surface area contributed by atoms with Gasteiger partial charge in [-0.25, -0.2) is 8.78 Å². The zero-order chi connectivity index (χ0) is 10.0. The SMILES string of the molecule is COc1c(C(F)F)[nH]c(Br)cc1=O. The Morgan fingerprint density at radius 3 is 2.69 bits per heavy atom. The maximum atomic E-state index is 12.3. The maximum absolute atomic E-state index is 12.3. The summed E-state index contributed by atoms with van der Waals surface area (Å²) in [5, 5.41) is 0. The van der Waals surface area contributed by atoms with Gasteiger partial charge in [-0.2, -0.15) is 0 Å². The van der Waals surface area contributed by atoms with Crippen LogP contribution in [0.2, 0.25) is 0 Å². The third kappa shape index (κ3) is 2.06. The molecule has 1 N–H and O–H groups in total. The Bertz CT molecular complexity index is 364. The van der Waals surface area contributed by atoms with Crippen molar-refractivity contribution < 1.29 is 13.5 Å². The molecule has 0 amide bonds. The highest BCUT2D eigenvalue weighted by Crippen LogP contribution is 2.24. The van der Waals surface area contributed by atoms with Crippen LogP contribution in [0.5, 0.6) is 5.75 Å². The largest absolute Gasteiger partial charge is 0.491 e. The number of rotatable bonds is 2. The van der Waals surface area contributed by atoms with E-state index in [4.69, 9.17) is 0 Å². The zero-order valence-electron chi connectivity index (χ0n) is 6.61. The van der Waals surface area contributed by atoms with Crippen LogP contribution >= 0.6 is 15.9 Å². The lowest BCUT2D eigenvalue weighted by atomic mass is 10.3. The predicted molar refractivity (Wildman–Crippen MR) is 46.3 cm³/mol. The normalized spacial score (nSPS) is 10.5. The minimum atomic E-state index is -2.76. The summed E-state index contributed by atoms with van der Waals surface area (Å²) in [5.74, 6) is -0.349. The van der Waals surface area contributed by atoms with E-state index in [-0.39, 0.29) is 10.4 Å². The molecule has 0 fully saturated rings. The average Bonchev–Trinajstić information content (AvgIpc) is 2.02. The monoisotopic (exact) mass is 253 g/mol. The molecule has 1 aromatic rings. The second-order valence-corrected chi connectivity index (χ2v) is 3.08. The molecule has 1 heterocycles.